The van der Waals surface area contributed by atoms with E-state index < -0.39 is 0 Å². The first-order valence-corrected chi connectivity index (χ1v) is 6.36. The van der Waals surface area contributed by atoms with E-state index in [9.17, 15) is 9.59 Å². The number of hydrogen-bond donors (Lipinski definition) is 0. The van der Waals surface area contributed by atoms with E-state index in [4.69, 9.17) is 4.74 Å². The lowest BCUT2D eigenvalue weighted by Gasteiger charge is -2.19. The van der Waals surface area contributed by atoms with Gasteiger partial charge in [0.05, 0.1) is 0 Å². The predicted octanol–water partition coefficient (Wildman–Crippen LogP) is 1.49. The van der Waals surface area contributed by atoms with E-state index in [0.29, 0.717) is 26.1 Å². The molecule has 1 saturated heterocycles. The Morgan fingerprint density at radius 3 is 2.68 bits per heavy atom. The summed E-state index contributed by atoms with van der Waals surface area (Å²) >= 11 is 0. The standard InChI is InChI=1S/C14H18N2O3/c1-15-9-10-16(8-7-13(15)17)14(18)19-11-12-5-3-2-4-6-12/h2-6H,7-11H2,1H3. The predicted molar refractivity (Wildman–Crippen MR) is 70.5 cm³/mol. The molecular weight excluding hydrogens is 244 g/mol. The average molecular weight is 262 g/mol. The Kier molecular flexibility index (Phi) is 4.39. The Balaban J connectivity index is 1.84. The minimum absolute atomic E-state index is 0.0679. The van der Waals surface area contributed by atoms with Gasteiger partial charge in [-0.05, 0) is 5.56 Å². The number of rotatable bonds is 2. The highest BCUT2D eigenvalue weighted by Gasteiger charge is 2.22. The first kappa shape index (κ1) is 13.4. The fraction of sp³-hybridized carbons (Fsp3) is 0.429. The number of amides is 2. The van der Waals surface area contributed by atoms with Crippen LogP contribution in [0.15, 0.2) is 30.3 Å². The molecule has 1 aliphatic rings. The summed E-state index contributed by atoms with van der Waals surface area (Å²) in [7, 11) is 1.75. The number of nitrogens with zero attached hydrogens (tertiary/aromatic N) is 2. The molecule has 0 aliphatic carbocycles. The van der Waals surface area contributed by atoms with Gasteiger partial charge in [0.15, 0.2) is 0 Å². The van der Waals surface area contributed by atoms with Crippen LogP contribution < -0.4 is 0 Å². The molecule has 0 N–H and O–H groups in total. The molecule has 0 saturated carbocycles. The van der Waals surface area contributed by atoms with Gasteiger partial charge in [-0.2, -0.15) is 0 Å². The molecule has 2 rings (SSSR count). The van der Waals surface area contributed by atoms with Crippen LogP contribution in [0.1, 0.15) is 12.0 Å². The molecule has 1 heterocycles. The Labute approximate surface area is 112 Å². The zero-order valence-corrected chi connectivity index (χ0v) is 11.0. The largest absolute Gasteiger partial charge is 0.445 e. The normalized spacial score (nSPS) is 16.2. The van der Waals surface area contributed by atoms with Crippen LogP contribution >= 0.6 is 0 Å². The summed E-state index contributed by atoms with van der Waals surface area (Å²) in [5.41, 5.74) is 0.957. The van der Waals surface area contributed by atoms with Crippen molar-refractivity contribution in [3.05, 3.63) is 35.9 Å². The zero-order chi connectivity index (χ0) is 13.7. The second kappa shape index (κ2) is 6.22. The Morgan fingerprint density at radius 2 is 1.95 bits per heavy atom. The van der Waals surface area contributed by atoms with E-state index in [1.54, 1.807) is 16.8 Å². The maximum atomic E-state index is 11.9. The topological polar surface area (TPSA) is 49.9 Å². The number of hydrogen-bond acceptors (Lipinski definition) is 3. The fourth-order valence-electron chi connectivity index (χ4n) is 1.92. The summed E-state index contributed by atoms with van der Waals surface area (Å²) in [4.78, 5) is 26.7. The highest BCUT2D eigenvalue weighted by molar-refractivity contribution is 5.77. The summed E-state index contributed by atoms with van der Waals surface area (Å²) in [6.07, 6.45) is 0.00340. The number of ether oxygens (including phenoxy) is 1. The minimum atomic E-state index is -0.355. The third-order valence-corrected chi connectivity index (χ3v) is 3.19. The maximum Gasteiger partial charge on any atom is 0.410 e. The quantitative estimate of drug-likeness (QED) is 0.811. The third-order valence-electron chi connectivity index (χ3n) is 3.19. The molecule has 19 heavy (non-hydrogen) atoms. The van der Waals surface area contributed by atoms with Crippen molar-refractivity contribution in [3.63, 3.8) is 0 Å². The molecule has 0 aromatic heterocycles. The van der Waals surface area contributed by atoms with Crippen molar-refractivity contribution in [2.24, 2.45) is 0 Å². The molecule has 5 heteroatoms. The average Bonchev–Trinajstić information content (AvgIpc) is 2.60. The lowest BCUT2D eigenvalue weighted by Crippen LogP contribution is -2.35. The summed E-state index contributed by atoms with van der Waals surface area (Å²) < 4.78 is 5.25. The first-order chi connectivity index (χ1) is 9.16. The van der Waals surface area contributed by atoms with Gasteiger partial charge in [0, 0.05) is 33.1 Å². The number of carbonyl (C=O) groups is 2. The number of carbonyl (C=O) groups excluding carboxylic acids is 2. The second-order valence-electron chi connectivity index (χ2n) is 4.59. The molecule has 0 atom stereocenters. The van der Waals surface area contributed by atoms with E-state index in [1.807, 2.05) is 30.3 Å². The molecule has 1 aliphatic heterocycles. The van der Waals surface area contributed by atoms with E-state index >= 15 is 0 Å². The van der Waals surface area contributed by atoms with Gasteiger partial charge in [0.25, 0.3) is 0 Å². The van der Waals surface area contributed by atoms with E-state index in [0.717, 1.165) is 5.56 Å². The molecule has 5 nitrogen and oxygen atoms in total. The highest BCUT2D eigenvalue weighted by Crippen LogP contribution is 2.07. The zero-order valence-electron chi connectivity index (χ0n) is 11.0. The highest BCUT2D eigenvalue weighted by atomic mass is 16.6. The van der Waals surface area contributed by atoms with Crippen LogP contribution in [0.25, 0.3) is 0 Å². The van der Waals surface area contributed by atoms with Crippen LogP contribution in [0, 0.1) is 0 Å². The molecule has 1 aromatic rings. The molecule has 0 spiro atoms. The van der Waals surface area contributed by atoms with Crippen molar-refractivity contribution < 1.29 is 14.3 Å². The molecule has 2 amide bonds. The van der Waals surface area contributed by atoms with E-state index in [-0.39, 0.29) is 18.6 Å². The monoisotopic (exact) mass is 262 g/mol. The fourth-order valence-corrected chi connectivity index (χ4v) is 1.92. The SMILES string of the molecule is CN1CCN(C(=O)OCc2ccccc2)CCC1=O. The summed E-state index contributed by atoms with van der Waals surface area (Å²) in [6, 6.07) is 9.55. The molecular formula is C14H18N2O3. The minimum Gasteiger partial charge on any atom is -0.445 e. The van der Waals surface area contributed by atoms with Gasteiger partial charge in [-0.1, -0.05) is 30.3 Å². The van der Waals surface area contributed by atoms with Gasteiger partial charge in [-0.3, -0.25) is 4.79 Å². The van der Waals surface area contributed by atoms with Crippen LogP contribution in [0.3, 0.4) is 0 Å². The smallest absolute Gasteiger partial charge is 0.410 e. The van der Waals surface area contributed by atoms with Gasteiger partial charge in [0.2, 0.25) is 5.91 Å². The second-order valence-corrected chi connectivity index (χ2v) is 4.59. The van der Waals surface area contributed by atoms with Crippen molar-refractivity contribution in [2.75, 3.05) is 26.7 Å². The van der Waals surface area contributed by atoms with Crippen LogP contribution in [0.4, 0.5) is 4.79 Å². The summed E-state index contributed by atoms with van der Waals surface area (Å²) in [5, 5.41) is 0. The molecule has 1 aromatic carbocycles. The van der Waals surface area contributed by atoms with Crippen LogP contribution in [0.2, 0.25) is 0 Å². The Bertz CT molecular complexity index is 447. The molecule has 1 fully saturated rings. The van der Waals surface area contributed by atoms with Crippen LogP contribution in [0.5, 0.6) is 0 Å². The molecule has 0 unspecified atom stereocenters. The van der Waals surface area contributed by atoms with Gasteiger partial charge in [-0.25, -0.2) is 4.79 Å². The Morgan fingerprint density at radius 1 is 1.21 bits per heavy atom. The van der Waals surface area contributed by atoms with Gasteiger partial charge < -0.3 is 14.5 Å². The lowest BCUT2D eigenvalue weighted by molar-refractivity contribution is -0.129. The van der Waals surface area contributed by atoms with Crippen LogP contribution in [-0.4, -0.2) is 48.5 Å². The van der Waals surface area contributed by atoms with Crippen molar-refractivity contribution in [3.8, 4) is 0 Å². The van der Waals surface area contributed by atoms with Gasteiger partial charge in [-0.15, -0.1) is 0 Å². The maximum absolute atomic E-state index is 11.9. The summed E-state index contributed by atoms with van der Waals surface area (Å²) in [6.45, 7) is 1.77. The van der Waals surface area contributed by atoms with Crippen molar-refractivity contribution >= 4 is 12.0 Å². The number of likely N-dealkylation sites (N-methyl/N-ethyl adjacent to an activating group) is 1. The molecule has 102 valence electrons. The van der Waals surface area contributed by atoms with Gasteiger partial charge in [0.1, 0.15) is 6.61 Å². The third kappa shape index (κ3) is 3.71. The van der Waals surface area contributed by atoms with Gasteiger partial charge >= 0.3 is 6.09 Å². The van der Waals surface area contributed by atoms with Crippen molar-refractivity contribution in [2.45, 2.75) is 13.0 Å². The molecule has 0 bridgehead atoms. The van der Waals surface area contributed by atoms with Crippen molar-refractivity contribution in [1.82, 2.24) is 9.80 Å². The lowest BCUT2D eigenvalue weighted by atomic mass is 10.2. The summed E-state index contributed by atoms with van der Waals surface area (Å²) in [5.74, 6) is 0.0679. The van der Waals surface area contributed by atoms with Crippen LogP contribution in [-0.2, 0) is 16.1 Å². The van der Waals surface area contributed by atoms with E-state index in [2.05, 4.69) is 0 Å². The van der Waals surface area contributed by atoms with E-state index in [1.165, 1.54) is 0 Å². The first-order valence-electron chi connectivity index (χ1n) is 6.36. The Hall–Kier alpha value is -2.04. The number of benzene rings is 1. The van der Waals surface area contributed by atoms with Crippen molar-refractivity contribution in [1.29, 1.82) is 0 Å². The molecule has 0 radical (unpaired) electrons.